The normalized spacial score (nSPS) is 17.6. The molecule has 4 rings (SSSR count). The van der Waals surface area contributed by atoms with Crippen LogP contribution < -0.4 is 10.7 Å². The van der Waals surface area contributed by atoms with E-state index in [4.69, 9.17) is 9.15 Å². The van der Waals surface area contributed by atoms with Crippen LogP contribution >= 0.6 is 0 Å². The Bertz CT molecular complexity index is 1040. The molecule has 8 heteroatoms. The van der Waals surface area contributed by atoms with Gasteiger partial charge in [-0.15, -0.1) is 0 Å². The number of morpholine rings is 1. The lowest BCUT2D eigenvalue weighted by molar-refractivity contribution is 0.0374. The number of hydrogen-bond donors (Lipinski definition) is 2. The Balaban J connectivity index is 1.38. The molecule has 0 spiro atoms. The van der Waals surface area contributed by atoms with Crippen LogP contribution in [0.1, 0.15) is 62.6 Å². The molecule has 176 valence electrons. The van der Waals surface area contributed by atoms with Crippen LogP contribution in [-0.2, 0) is 11.2 Å². The highest BCUT2D eigenvalue weighted by Crippen LogP contribution is 2.29. The van der Waals surface area contributed by atoms with Gasteiger partial charge < -0.3 is 14.5 Å². The summed E-state index contributed by atoms with van der Waals surface area (Å²) in [6, 6.07) is 7.38. The Kier molecular flexibility index (Phi) is 7.57. The van der Waals surface area contributed by atoms with E-state index >= 15 is 0 Å². The zero-order valence-corrected chi connectivity index (χ0v) is 19.4. The van der Waals surface area contributed by atoms with Crippen molar-refractivity contribution in [2.45, 2.75) is 39.5 Å². The van der Waals surface area contributed by atoms with Crippen LogP contribution in [0.4, 0.5) is 0 Å². The molecule has 2 N–H and O–H groups in total. The summed E-state index contributed by atoms with van der Waals surface area (Å²) in [7, 11) is 0. The number of nitrogens with zero attached hydrogens (tertiary/aromatic N) is 2. The number of rotatable bonds is 7. The maximum atomic E-state index is 12.8. The third-order valence-electron chi connectivity index (χ3n) is 6.14. The first-order valence-corrected chi connectivity index (χ1v) is 11.7. The molecule has 0 atom stereocenters. The summed E-state index contributed by atoms with van der Waals surface area (Å²) in [5.41, 5.74) is 6.63. The summed E-state index contributed by atoms with van der Waals surface area (Å²) in [5, 5.41) is 7.38. The molecule has 33 heavy (non-hydrogen) atoms. The molecule has 1 aromatic carbocycles. The molecule has 2 aromatic rings. The van der Waals surface area contributed by atoms with E-state index in [2.05, 4.69) is 20.7 Å². The van der Waals surface area contributed by atoms with Crippen LogP contribution in [0.25, 0.3) is 0 Å². The van der Waals surface area contributed by atoms with Crippen molar-refractivity contribution in [3.05, 3.63) is 58.0 Å². The first-order chi connectivity index (χ1) is 16.0. The minimum atomic E-state index is -0.252. The van der Waals surface area contributed by atoms with Crippen LogP contribution in [0.2, 0.25) is 0 Å². The largest absolute Gasteiger partial charge is 0.455 e. The molecule has 2 amide bonds. The van der Waals surface area contributed by atoms with Gasteiger partial charge in [0, 0.05) is 42.7 Å². The van der Waals surface area contributed by atoms with Gasteiger partial charge in [-0.25, -0.2) is 5.43 Å². The van der Waals surface area contributed by atoms with E-state index in [1.807, 2.05) is 32.0 Å². The van der Waals surface area contributed by atoms with Crippen LogP contribution in [0.3, 0.4) is 0 Å². The van der Waals surface area contributed by atoms with Crippen molar-refractivity contribution in [2.24, 2.45) is 5.10 Å². The third-order valence-corrected chi connectivity index (χ3v) is 6.14. The van der Waals surface area contributed by atoms with Crippen molar-refractivity contribution in [1.29, 1.82) is 0 Å². The quantitative estimate of drug-likeness (QED) is 0.498. The summed E-state index contributed by atoms with van der Waals surface area (Å²) in [4.78, 5) is 27.6. The second kappa shape index (κ2) is 10.8. The highest BCUT2D eigenvalue weighted by atomic mass is 16.5. The molecule has 1 aliphatic carbocycles. The smallest absolute Gasteiger partial charge is 0.287 e. The third kappa shape index (κ3) is 5.69. The van der Waals surface area contributed by atoms with Crippen molar-refractivity contribution in [3.63, 3.8) is 0 Å². The molecule has 1 aliphatic heterocycles. The summed E-state index contributed by atoms with van der Waals surface area (Å²) in [6.45, 7) is 8.80. The van der Waals surface area contributed by atoms with Gasteiger partial charge in [-0.2, -0.15) is 5.10 Å². The molecule has 1 fully saturated rings. The Morgan fingerprint density at radius 2 is 1.94 bits per heavy atom. The lowest BCUT2D eigenvalue weighted by atomic mass is 9.93. The number of furan rings is 1. The fourth-order valence-electron chi connectivity index (χ4n) is 4.38. The molecule has 8 nitrogen and oxygen atoms in total. The number of fused-ring (bicyclic) bond motifs is 1. The molecular formula is C25H32N4O4. The summed E-state index contributed by atoms with van der Waals surface area (Å²) < 4.78 is 11.3. The molecule has 0 radical (unpaired) electrons. The van der Waals surface area contributed by atoms with E-state index < -0.39 is 0 Å². The van der Waals surface area contributed by atoms with E-state index in [-0.39, 0.29) is 11.8 Å². The molecule has 1 aromatic heterocycles. The predicted molar refractivity (Wildman–Crippen MR) is 126 cm³/mol. The van der Waals surface area contributed by atoms with Crippen molar-refractivity contribution < 1.29 is 18.7 Å². The van der Waals surface area contributed by atoms with Gasteiger partial charge in [0.15, 0.2) is 5.76 Å². The molecule has 2 heterocycles. The molecule has 1 saturated heterocycles. The fourth-order valence-corrected chi connectivity index (χ4v) is 4.38. The number of hydrazone groups is 1. The maximum Gasteiger partial charge on any atom is 0.287 e. The predicted octanol–water partition coefficient (Wildman–Crippen LogP) is 2.82. The highest BCUT2D eigenvalue weighted by molar-refractivity contribution is 6.07. The van der Waals surface area contributed by atoms with Gasteiger partial charge >= 0.3 is 0 Å². The minimum absolute atomic E-state index is 0.202. The Labute approximate surface area is 194 Å². The first-order valence-electron chi connectivity index (χ1n) is 11.7. The lowest BCUT2D eigenvalue weighted by Crippen LogP contribution is -2.38. The lowest BCUT2D eigenvalue weighted by Gasteiger charge is -2.26. The molecule has 0 unspecified atom stereocenters. The summed E-state index contributed by atoms with van der Waals surface area (Å²) >= 11 is 0. The standard InChI is InChI=1S/C25H32N4O4/c1-17-6-3-7-19(16-17)24(30)28-27-20-8-4-9-21-22(20)18(2)23(33-21)25(31)26-10-5-11-29-12-14-32-15-13-29/h3,6-7,16H,4-5,8-15H2,1-2H3,(H,26,31)(H,28,30)/b27-20+. The van der Waals surface area contributed by atoms with E-state index in [0.717, 1.165) is 86.7 Å². The Hall–Kier alpha value is -2.97. The van der Waals surface area contributed by atoms with Gasteiger partial charge in [0.25, 0.3) is 11.8 Å². The highest BCUT2D eigenvalue weighted by Gasteiger charge is 2.28. The second-order valence-corrected chi connectivity index (χ2v) is 8.64. The van der Waals surface area contributed by atoms with Crippen molar-refractivity contribution in [3.8, 4) is 0 Å². The zero-order valence-electron chi connectivity index (χ0n) is 19.4. The summed E-state index contributed by atoms with van der Waals surface area (Å²) in [6.07, 6.45) is 3.22. The number of amides is 2. The van der Waals surface area contributed by atoms with E-state index in [1.165, 1.54) is 0 Å². The Morgan fingerprint density at radius 1 is 1.12 bits per heavy atom. The number of aryl methyl sites for hydroxylation is 2. The second-order valence-electron chi connectivity index (χ2n) is 8.64. The zero-order chi connectivity index (χ0) is 23.2. The van der Waals surface area contributed by atoms with E-state index in [9.17, 15) is 9.59 Å². The van der Waals surface area contributed by atoms with Crippen molar-refractivity contribution >= 4 is 17.5 Å². The summed E-state index contributed by atoms with van der Waals surface area (Å²) in [5.74, 6) is 0.650. The number of benzene rings is 1. The minimum Gasteiger partial charge on any atom is -0.455 e. The fraction of sp³-hybridized carbons (Fsp3) is 0.480. The number of carbonyl (C=O) groups is 2. The van der Waals surface area contributed by atoms with E-state index in [0.29, 0.717) is 17.9 Å². The monoisotopic (exact) mass is 452 g/mol. The SMILES string of the molecule is Cc1cccc(C(=O)N/N=C2\CCCc3oc(C(=O)NCCCN4CCOCC4)c(C)c32)c1. The molecule has 2 aliphatic rings. The maximum absolute atomic E-state index is 12.8. The van der Waals surface area contributed by atoms with Crippen molar-refractivity contribution in [2.75, 3.05) is 39.4 Å². The van der Waals surface area contributed by atoms with Gasteiger partial charge in [-0.05, 0) is 51.8 Å². The van der Waals surface area contributed by atoms with Crippen molar-refractivity contribution in [1.82, 2.24) is 15.6 Å². The molecular weight excluding hydrogens is 420 g/mol. The topological polar surface area (TPSA) is 96.2 Å². The van der Waals surface area contributed by atoms with Crippen LogP contribution in [0.5, 0.6) is 0 Å². The average Bonchev–Trinajstić information content (AvgIpc) is 3.18. The van der Waals surface area contributed by atoms with Gasteiger partial charge in [0.2, 0.25) is 0 Å². The van der Waals surface area contributed by atoms with E-state index in [1.54, 1.807) is 6.07 Å². The number of carbonyl (C=O) groups excluding carboxylic acids is 2. The first kappa shape index (κ1) is 23.2. The van der Waals surface area contributed by atoms with Gasteiger partial charge in [0.05, 0.1) is 18.9 Å². The number of nitrogens with one attached hydrogen (secondary N) is 2. The van der Waals surface area contributed by atoms with Gasteiger partial charge in [-0.1, -0.05) is 17.7 Å². The van der Waals surface area contributed by atoms with Gasteiger partial charge in [-0.3, -0.25) is 14.5 Å². The average molecular weight is 453 g/mol. The number of ether oxygens (including phenoxy) is 1. The van der Waals surface area contributed by atoms with Crippen LogP contribution in [0.15, 0.2) is 33.8 Å². The Morgan fingerprint density at radius 3 is 2.73 bits per heavy atom. The van der Waals surface area contributed by atoms with Gasteiger partial charge in [0.1, 0.15) is 5.76 Å². The number of hydrogen-bond acceptors (Lipinski definition) is 6. The molecule has 0 bridgehead atoms. The van der Waals surface area contributed by atoms with Crippen LogP contribution in [-0.4, -0.2) is 61.8 Å². The van der Waals surface area contributed by atoms with Crippen LogP contribution in [0, 0.1) is 13.8 Å². The molecule has 0 saturated carbocycles.